The molecular formula is C19H23ClN4O2. The van der Waals surface area contributed by atoms with Crippen LogP contribution in [0.1, 0.15) is 48.9 Å². The number of benzene rings is 1. The highest BCUT2D eigenvalue weighted by molar-refractivity contribution is 5.85. The van der Waals surface area contributed by atoms with E-state index in [1.807, 2.05) is 12.1 Å². The van der Waals surface area contributed by atoms with Crippen LogP contribution in [0.25, 0.3) is 11.3 Å². The fraction of sp³-hybridized carbons (Fsp3) is 0.421. The van der Waals surface area contributed by atoms with Crippen LogP contribution in [0.2, 0.25) is 0 Å². The zero-order chi connectivity index (χ0) is 17.3. The highest BCUT2D eigenvalue weighted by Crippen LogP contribution is 2.34. The van der Waals surface area contributed by atoms with Crippen molar-refractivity contribution < 1.29 is 8.94 Å². The number of aromatic nitrogens is 3. The molecule has 1 aromatic carbocycles. The number of nitrogens with two attached hydrogens (primary N) is 1. The van der Waals surface area contributed by atoms with Crippen molar-refractivity contribution in [1.82, 2.24) is 15.1 Å². The third-order valence-corrected chi connectivity index (χ3v) is 4.85. The van der Waals surface area contributed by atoms with Gasteiger partial charge in [0.2, 0.25) is 5.89 Å². The van der Waals surface area contributed by atoms with E-state index >= 15 is 0 Å². The zero-order valence-corrected chi connectivity index (χ0v) is 15.6. The topological polar surface area (TPSA) is 91.0 Å². The predicted molar refractivity (Wildman–Crippen MR) is 100.0 cm³/mol. The van der Waals surface area contributed by atoms with Crippen molar-refractivity contribution in [3.63, 3.8) is 0 Å². The van der Waals surface area contributed by atoms with Crippen LogP contribution in [0.15, 0.2) is 39.4 Å². The van der Waals surface area contributed by atoms with Crippen molar-refractivity contribution in [2.45, 2.75) is 51.0 Å². The quantitative estimate of drug-likeness (QED) is 0.726. The summed E-state index contributed by atoms with van der Waals surface area (Å²) in [5.41, 5.74) is 8.19. The van der Waals surface area contributed by atoms with E-state index in [1.165, 1.54) is 5.56 Å². The van der Waals surface area contributed by atoms with E-state index in [4.69, 9.17) is 14.7 Å². The van der Waals surface area contributed by atoms with E-state index in [2.05, 4.69) is 34.2 Å². The van der Waals surface area contributed by atoms with Gasteiger partial charge in [-0.05, 0) is 19.8 Å². The molecule has 4 rings (SSSR count). The van der Waals surface area contributed by atoms with Crippen molar-refractivity contribution in [1.29, 1.82) is 0 Å². The molecular weight excluding hydrogens is 352 g/mol. The van der Waals surface area contributed by atoms with Crippen LogP contribution in [-0.4, -0.2) is 15.1 Å². The minimum atomic E-state index is -0.413. The molecule has 0 atom stereocenters. The molecule has 0 amide bonds. The highest BCUT2D eigenvalue weighted by atomic mass is 35.5. The Bertz CT molecular complexity index is 851. The lowest BCUT2D eigenvalue weighted by atomic mass is 9.99. The summed E-state index contributed by atoms with van der Waals surface area (Å²) in [4.78, 5) is 8.83. The average Bonchev–Trinajstić information content (AvgIpc) is 3.34. The smallest absolute Gasteiger partial charge is 0.227 e. The Morgan fingerprint density at radius 1 is 1.08 bits per heavy atom. The number of halogens is 1. The SMILES string of the molecule is Cc1ccc(-c2cnc(CCc3nc(C4(N)CCCC4)no3)o2)cc1.Cl. The molecule has 2 heterocycles. The lowest BCUT2D eigenvalue weighted by Crippen LogP contribution is -2.34. The Morgan fingerprint density at radius 3 is 2.50 bits per heavy atom. The first-order valence-electron chi connectivity index (χ1n) is 8.76. The molecule has 1 aliphatic carbocycles. The van der Waals surface area contributed by atoms with E-state index in [0.717, 1.165) is 37.0 Å². The molecule has 0 radical (unpaired) electrons. The first-order valence-corrected chi connectivity index (χ1v) is 8.76. The van der Waals surface area contributed by atoms with Gasteiger partial charge in [-0.15, -0.1) is 12.4 Å². The summed E-state index contributed by atoms with van der Waals surface area (Å²) >= 11 is 0. The van der Waals surface area contributed by atoms with Gasteiger partial charge in [-0.2, -0.15) is 4.98 Å². The van der Waals surface area contributed by atoms with Gasteiger partial charge in [0.15, 0.2) is 17.5 Å². The average molecular weight is 375 g/mol. The van der Waals surface area contributed by atoms with Gasteiger partial charge in [-0.3, -0.25) is 0 Å². The largest absolute Gasteiger partial charge is 0.441 e. The van der Waals surface area contributed by atoms with Gasteiger partial charge in [-0.25, -0.2) is 4.98 Å². The van der Waals surface area contributed by atoms with Gasteiger partial charge >= 0.3 is 0 Å². The summed E-state index contributed by atoms with van der Waals surface area (Å²) in [6.45, 7) is 2.06. The maximum absolute atomic E-state index is 6.36. The van der Waals surface area contributed by atoms with Crippen molar-refractivity contribution in [3.8, 4) is 11.3 Å². The minimum Gasteiger partial charge on any atom is -0.441 e. The molecule has 3 aromatic rings. The van der Waals surface area contributed by atoms with Crippen LogP contribution >= 0.6 is 12.4 Å². The fourth-order valence-electron chi connectivity index (χ4n) is 3.28. The van der Waals surface area contributed by atoms with Crippen molar-refractivity contribution in [3.05, 3.63) is 53.6 Å². The molecule has 0 saturated heterocycles. The lowest BCUT2D eigenvalue weighted by molar-refractivity contribution is 0.346. The van der Waals surface area contributed by atoms with Gasteiger partial charge in [0.1, 0.15) is 0 Å². The summed E-state index contributed by atoms with van der Waals surface area (Å²) in [6, 6.07) is 8.19. The summed E-state index contributed by atoms with van der Waals surface area (Å²) in [7, 11) is 0. The summed E-state index contributed by atoms with van der Waals surface area (Å²) in [5, 5.41) is 4.08. The molecule has 1 aliphatic rings. The number of rotatable bonds is 5. The molecule has 1 fully saturated rings. The number of hydrogen-bond donors (Lipinski definition) is 1. The second-order valence-corrected chi connectivity index (χ2v) is 6.86. The normalized spacial score (nSPS) is 15.8. The molecule has 0 unspecified atom stereocenters. The van der Waals surface area contributed by atoms with Crippen LogP contribution in [0.4, 0.5) is 0 Å². The standard InChI is InChI=1S/C19H22N4O2.ClH/c1-13-4-6-14(7-5-13)15-12-21-16(24-15)8-9-17-22-18(23-25-17)19(20)10-2-3-11-19;/h4-7,12H,2-3,8-11,20H2,1H3;1H. The number of oxazole rings is 1. The minimum absolute atomic E-state index is 0. The van der Waals surface area contributed by atoms with Crippen LogP contribution in [0.3, 0.4) is 0 Å². The summed E-state index contributed by atoms with van der Waals surface area (Å²) in [6.07, 6.45) is 7.06. The van der Waals surface area contributed by atoms with Crippen LogP contribution in [-0.2, 0) is 18.4 Å². The molecule has 7 heteroatoms. The zero-order valence-electron chi connectivity index (χ0n) is 14.8. The number of nitrogens with zero attached hydrogens (tertiary/aromatic N) is 3. The lowest BCUT2D eigenvalue weighted by Gasteiger charge is -2.17. The predicted octanol–water partition coefficient (Wildman–Crippen LogP) is 3.97. The Kier molecular flexibility index (Phi) is 5.44. The second kappa shape index (κ2) is 7.60. The molecule has 0 aliphatic heterocycles. The Labute approximate surface area is 158 Å². The molecule has 2 aromatic heterocycles. The van der Waals surface area contributed by atoms with Gasteiger partial charge in [0.05, 0.1) is 11.7 Å². The van der Waals surface area contributed by atoms with Crippen LogP contribution in [0, 0.1) is 6.92 Å². The molecule has 26 heavy (non-hydrogen) atoms. The van der Waals surface area contributed by atoms with Crippen molar-refractivity contribution in [2.75, 3.05) is 0 Å². The van der Waals surface area contributed by atoms with E-state index < -0.39 is 5.54 Å². The Balaban J connectivity index is 0.00000196. The molecule has 6 nitrogen and oxygen atoms in total. The molecule has 138 valence electrons. The Morgan fingerprint density at radius 2 is 1.77 bits per heavy atom. The van der Waals surface area contributed by atoms with E-state index in [-0.39, 0.29) is 12.4 Å². The molecule has 0 spiro atoms. The summed E-state index contributed by atoms with van der Waals surface area (Å²) in [5.74, 6) is 2.65. The fourth-order valence-corrected chi connectivity index (χ4v) is 3.28. The van der Waals surface area contributed by atoms with E-state index in [9.17, 15) is 0 Å². The maximum atomic E-state index is 6.36. The van der Waals surface area contributed by atoms with Gasteiger partial charge in [0.25, 0.3) is 0 Å². The third-order valence-electron chi connectivity index (χ3n) is 4.85. The van der Waals surface area contributed by atoms with Gasteiger partial charge < -0.3 is 14.7 Å². The van der Waals surface area contributed by atoms with E-state index in [0.29, 0.717) is 30.4 Å². The van der Waals surface area contributed by atoms with Crippen molar-refractivity contribution >= 4 is 12.4 Å². The number of aryl methyl sites for hydroxylation is 3. The Hall–Kier alpha value is -2.18. The van der Waals surface area contributed by atoms with Crippen LogP contribution in [0.5, 0.6) is 0 Å². The first kappa shape index (κ1) is 18.6. The summed E-state index contributed by atoms with van der Waals surface area (Å²) < 4.78 is 11.2. The van der Waals surface area contributed by atoms with Gasteiger partial charge in [-0.1, -0.05) is 47.8 Å². The maximum Gasteiger partial charge on any atom is 0.227 e. The second-order valence-electron chi connectivity index (χ2n) is 6.86. The molecule has 2 N–H and O–H groups in total. The monoisotopic (exact) mass is 374 g/mol. The van der Waals surface area contributed by atoms with Crippen LogP contribution < -0.4 is 5.73 Å². The third kappa shape index (κ3) is 3.81. The first-order chi connectivity index (χ1) is 12.1. The number of hydrogen-bond acceptors (Lipinski definition) is 6. The highest BCUT2D eigenvalue weighted by Gasteiger charge is 2.35. The van der Waals surface area contributed by atoms with E-state index in [1.54, 1.807) is 6.20 Å². The van der Waals surface area contributed by atoms with Gasteiger partial charge in [0, 0.05) is 18.4 Å². The van der Waals surface area contributed by atoms with Crippen molar-refractivity contribution in [2.24, 2.45) is 5.73 Å². The molecule has 0 bridgehead atoms. The molecule has 1 saturated carbocycles.